The molecule has 1 aromatic carbocycles. The minimum absolute atomic E-state index is 0.0161. The Morgan fingerprint density at radius 1 is 1.19 bits per heavy atom. The second-order valence-electron chi connectivity index (χ2n) is 8.37. The number of carbonyl (C=O) groups is 1. The number of carbonyl (C=O) groups excluding carboxylic acids is 1. The number of thiophene rings is 1. The van der Waals surface area contributed by atoms with Crippen molar-refractivity contribution in [2.24, 2.45) is 0 Å². The Kier molecular flexibility index (Phi) is 6.82. The molecular weight excluding hydrogens is 426 g/mol. The van der Waals surface area contributed by atoms with Gasteiger partial charge in [0.25, 0.3) is 5.56 Å². The number of rotatable bonds is 7. The van der Waals surface area contributed by atoms with E-state index in [2.05, 4.69) is 48.2 Å². The van der Waals surface area contributed by atoms with E-state index in [1.54, 1.807) is 11.3 Å². The van der Waals surface area contributed by atoms with E-state index in [4.69, 9.17) is 0 Å². The Balaban J connectivity index is 1.29. The third-order valence-electron chi connectivity index (χ3n) is 5.88. The highest BCUT2D eigenvalue weighted by molar-refractivity contribution is 7.99. The SMILES string of the molecule is Cc1cc(C)c(CCNC(=O)CSCc2nc3sc4c(c3c(=O)[nH]2)CCCC4)c(C)c1. The number of aromatic nitrogens is 2. The summed E-state index contributed by atoms with van der Waals surface area (Å²) in [6.07, 6.45) is 5.22. The maximum Gasteiger partial charge on any atom is 0.259 e. The zero-order valence-corrected chi connectivity index (χ0v) is 20.0. The van der Waals surface area contributed by atoms with Gasteiger partial charge in [-0.05, 0) is 75.1 Å². The molecule has 2 N–H and O–H groups in total. The van der Waals surface area contributed by atoms with Crippen LogP contribution in [0.15, 0.2) is 16.9 Å². The van der Waals surface area contributed by atoms with Crippen molar-refractivity contribution >= 4 is 39.2 Å². The molecule has 2 heterocycles. The Bertz CT molecular complexity index is 1160. The summed E-state index contributed by atoms with van der Waals surface area (Å²) in [5, 5.41) is 3.80. The molecule has 0 saturated carbocycles. The third kappa shape index (κ3) is 5.04. The topological polar surface area (TPSA) is 74.8 Å². The van der Waals surface area contributed by atoms with Gasteiger partial charge in [0.15, 0.2) is 0 Å². The number of nitrogens with one attached hydrogen (secondary N) is 2. The van der Waals surface area contributed by atoms with E-state index < -0.39 is 0 Å². The number of aryl methyl sites for hydroxylation is 5. The number of nitrogens with zero attached hydrogens (tertiary/aromatic N) is 1. The molecule has 0 atom stereocenters. The molecule has 0 saturated heterocycles. The zero-order valence-electron chi connectivity index (χ0n) is 18.4. The number of aromatic amines is 1. The fourth-order valence-electron chi connectivity index (χ4n) is 4.50. The van der Waals surface area contributed by atoms with Crippen LogP contribution in [0.4, 0.5) is 0 Å². The maximum absolute atomic E-state index is 12.6. The van der Waals surface area contributed by atoms with Crippen LogP contribution < -0.4 is 10.9 Å². The summed E-state index contributed by atoms with van der Waals surface area (Å²) in [6.45, 7) is 6.99. The van der Waals surface area contributed by atoms with Crippen LogP contribution in [0.25, 0.3) is 10.2 Å². The number of hydrogen-bond acceptors (Lipinski definition) is 5. The van der Waals surface area contributed by atoms with Crippen molar-refractivity contribution in [3.05, 3.63) is 61.0 Å². The van der Waals surface area contributed by atoms with Crippen molar-refractivity contribution < 1.29 is 4.79 Å². The summed E-state index contributed by atoms with van der Waals surface area (Å²) in [7, 11) is 0. The largest absolute Gasteiger partial charge is 0.355 e. The van der Waals surface area contributed by atoms with Gasteiger partial charge in [-0.1, -0.05) is 17.7 Å². The lowest BCUT2D eigenvalue weighted by Crippen LogP contribution is -2.27. The van der Waals surface area contributed by atoms with Crippen LogP contribution in [0.3, 0.4) is 0 Å². The van der Waals surface area contributed by atoms with Crippen LogP contribution in [0.1, 0.15) is 51.4 Å². The normalized spacial score (nSPS) is 13.4. The molecule has 1 aliphatic carbocycles. The summed E-state index contributed by atoms with van der Waals surface area (Å²) >= 11 is 3.14. The van der Waals surface area contributed by atoms with Crippen LogP contribution in [0.5, 0.6) is 0 Å². The number of H-pyrrole nitrogens is 1. The van der Waals surface area contributed by atoms with Crippen molar-refractivity contribution in [2.45, 2.75) is 58.6 Å². The van der Waals surface area contributed by atoms with E-state index in [1.807, 2.05) is 0 Å². The highest BCUT2D eigenvalue weighted by Gasteiger charge is 2.19. The molecule has 0 fully saturated rings. The molecule has 7 heteroatoms. The lowest BCUT2D eigenvalue weighted by Gasteiger charge is -2.12. The summed E-state index contributed by atoms with van der Waals surface area (Å²) < 4.78 is 0. The molecule has 1 amide bonds. The third-order valence-corrected chi connectivity index (χ3v) is 8.01. The highest BCUT2D eigenvalue weighted by atomic mass is 32.2. The lowest BCUT2D eigenvalue weighted by atomic mass is 9.97. The van der Waals surface area contributed by atoms with Crippen molar-refractivity contribution in [3.8, 4) is 0 Å². The standard InChI is InChI=1S/C24H29N3O2S2/c1-14-10-15(2)17(16(3)11-14)8-9-25-21(28)13-30-12-20-26-23(29)22-18-6-4-5-7-19(18)31-24(22)27-20/h10-11H,4-9,12-13H2,1-3H3,(H,25,28)(H,26,27,29). The maximum atomic E-state index is 12.6. The fraction of sp³-hybridized carbons (Fsp3) is 0.458. The molecule has 164 valence electrons. The van der Waals surface area contributed by atoms with E-state index in [1.165, 1.54) is 50.9 Å². The van der Waals surface area contributed by atoms with Gasteiger partial charge in [0, 0.05) is 11.4 Å². The molecule has 3 aromatic rings. The van der Waals surface area contributed by atoms with Gasteiger partial charge in [-0.25, -0.2) is 4.98 Å². The lowest BCUT2D eigenvalue weighted by molar-refractivity contribution is -0.118. The minimum Gasteiger partial charge on any atom is -0.355 e. The minimum atomic E-state index is -0.0340. The first kappa shape index (κ1) is 22.1. The van der Waals surface area contributed by atoms with Gasteiger partial charge in [-0.3, -0.25) is 9.59 Å². The van der Waals surface area contributed by atoms with E-state index in [9.17, 15) is 9.59 Å². The second kappa shape index (κ2) is 9.57. The first-order chi connectivity index (χ1) is 14.9. The summed E-state index contributed by atoms with van der Waals surface area (Å²) in [4.78, 5) is 34.6. The number of amides is 1. The van der Waals surface area contributed by atoms with Gasteiger partial charge < -0.3 is 10.3 Å². The Labute approximate surface area is 191 Å². The quantitative estimate of drug-likeness (QED) is 0.554. The van der Waals surface area contributed by atoms with Crippen molar-refractivity contribution in [1.29, 1.82) is 0 Å². The van der Waals surface area contributed by atoms with Crippen LogP contribution >= 0.6 is 23.1 Å². The molecule has 0 aliphatic heterocycles. The number of thioether (sulfide) groups is 1. The van der Waals surface area contributed by atoms with Crippen molar-refractivity contribution in [1.82, 2.24) is 15.3 Å². The molecule has 0 radical (unpaired) electrons. The van der Waals surface area contributed by atoms with Crippen LogP contribution in [-0.2, 0) is 29.8 Å². The number of fused-ring (bicyclic) bond motifs is 3. The van der Waals surface area contributed by atoms with Crippen LogP contribution in [-0.4, -0.2) is 28.2 Å². The predicted molar refractivity (Wildman–Crippen MR) is 130 cm³/mol. The second-order valence-corrected chi connectivity index (χ2v) is 10.4. The molecule has 0 spiro atoms. The van der Waals surface area contributed by atoms with Gasteiger partial charge in [0.1, 0.15) is 10.7 Å². The van der Waals surface area contributed by atoms with E-state index >= 15 is 0 Å². The Hall–Kier alpha value is -2.12. The highest BCUT2D eigenvalue weighted by Crippen LogP contribution is 2.33. The molecule has 4 rings (SSSR count). The predicted octanol–water partition coefficient (Wildman–Crippen LogP) is 4.38. The van der Waals surface area contributed by atoms with Gasteiger partial charge in [-0.2, -0.15) is 0 Å². The molecule has 0 unspecified atom stereocenters. The summed E-state index contributed by atoms with van der Waals surface area (Å²) in [6, 6.07) is 4.38. The smallest absolute Gasteiger partial charge is 0.259 e. The monoisotopic (exact) mass is 455 g/mol. The molecule has 5 nitrogen and oxygen atoms in total. The average molecular weight is 456 g/mol. The summed E-state index contributed by atoms with van der Waals surface area (Å²) in [5.74, 6) is 1.55. The molecule has 2 aromatic heterocycles. The number of hydrogen-bond donors (Lipinski definition) is 2. The van der Waals surface area contributed by atoms with Gasteiger partial charge in [0.2, 0.25) is 5.91 Å². The molecule has 0 bridgehead atoms. The van der Waals surface area contributed by atoms with E-state index in [0.717, 1.165) is 35.9 Å². The first-order valence-corrected chi connectivity index (χ1v) is 12.8. The summed E-state index contributed by atoms with van der Waals surface area (Å²) in [5.41, 5.74) is 6.31. The Morgan fingerprint density at radius 3 is 2.71 bits per heavy atom. The molecular formula is C24H29N3O2S2. The zero-order chi connectivity index (χ0) is 22.0. The first-order valence-electron chi connectivity index (χ1n) is 10.9. The van der Waals surface area contributed by atoms with E-state index in [0.29, 0.717) is 23.9 Å². The van der Waals surface area contributed by atoms with Crippen LogP contribution in [0, 0.1) is 20.8 Å². The molecule has 1 aliphatic rings. The van der Waals surface area contributed by atoms with Crippen molar-refractivity contribution in [2.75, 3.05) is 12.3 Å². The van der Waals surface area contributed by atoms with E-state index in [-0.39, 0.29) is 11.5 Å². The van der Waals surface area contributed by atoms with Gasteiger partial charge >= 0.3 is 0 Å². The average Bonchev–Trinajstić information content (AvgIpc) is 3.08. The van der Waals surface area contributed by atoms with Gasteiger partial charge in [0.05, 0.1) is 16.9 Å². The number of benzene rings is 1. The Morgan fingerprint density at radius 2 is 1.94 bits per heavy atom. The van der Waals surface area contributed by atoms with Crippen molar-refractivity contribution in [3.63, 3.8) is 0 Å². The van der Waals surface area contributed by atoms with Crippen LogP contribution in [0.2, 0.25) is 0 Å². The van der Waals surface area contributed by atoms with Gasteiger partial charge in [-0.15, -0.1) is 23.1 Å². The fourth-order valence-corrected chi connectivity index (χ4v) is 6.50. The molecule has 31 heavy (non-hydrogen) atoms.